The van der Waals surface area contributed by atoms with E-state index in [2.05, 4.69) is 11.1 Å². The number of hydrogen-bond acceptors (Lipinski definition) is 3. The highest BCUT2D eigenvalue weighted by atomic mass is 16.3. The highest BCUT2D eigenvalue weighted by Gasteiger charge is 2.06. The van der Waals surface area contributed by atoms with E-state index in [-0.39, 0.29) is 0 Å². The molecule has 0 fully saturated rings. The first-order valence-corrected chi connectivity index (χ1v) is 6.68. The van der Waals surface area contributed by atoms with E-state index in [0.29, 0.717) is 17.8 Å². The van der Waals surface area contributed by atoms with Gasteiger partial charge in [0.2, 0.25) is 0 Å². The highest BCUT2D eigenvalue weighted by molar-refractivity contribution is 5.94. The van der Waals surface area contributed by atoms with E-state index < -0.39 is 0 Å². The van der Waals surface area contributed by atoms with Gasteiger partial charge in [0.25, 0.3) is 0 Å². The van der Waals surface area contributed by atoms with Gasteiger partial charge in [0.15, 0.2) is 12.0 Å². The molecule has 0 aliphatic carbocycles. The number of hydrogen-bond donors (Lipinski definition) is 0. The summed E-state index contributed by atoms with van der Waals surface area (Å²) in [5.41, 5.74) is 2.87. The van der Waals surface area contributed by atoms with Crippen molar-refractivity contribution in [2.24, 2.45) is 0 Å². The lowest BCUT2D eigenvalue weighted by molar-refractivity contribution is 0.110. The van der Waals surface area contributed by atoms with Crippen LogP contribution in [0.3, 0.4) is 0 Å². The van der Waals surface area contributed by atoms with Crippen LogP contribution in [0.4, 0.5) is 0 Å². The molecule has 21 heavy (non-hydrogen) atoms. The van der Waals surface area contributed by atoms with Crippen LogP contribution in [0.1, 0.15) is 10.6 Å². The van der Waals surface area contributed by atoms with Gasteiger partial charge in [-0.1, -0.05) is 18.2 Å². The normalized spacial score (nSPS) is 11.0. The number of rotatable bonds is 2. The van der Waals surface area contributed by atoms with E-state index in [1.807, 2.05) is 42.5 Å². The Morgan fingerprint density at radius 3 is 2.57 bits per heavy atom. The molecule has 4 rings (SSSR count). The van der Waals surface area contributed by atoms with Crippen LogP contribution in [0.2, 0.25) is 0 Å². The van der Waals surface area contributed by atoms with Gasteiger partial charge in [-0.05, 0) is 42.5 Å². The Kier molecular flexibility index (Phi) is 2.57. The zero-order valence-electron chi connectivity index (χ0n) is 11.1. The van der Waals surface area contributed by atoms with Crippen molar-refractivity contribution in [3.8, 4) is 11.3 Å². The van der Waals surface area contributed by atoms with Crippen molar-refractivity contribution in [3.63, 3.8) is 0 Å². The number of furan rings is 1. The first kappa shape index (κ1) is 11.9. The van der Waals surface area contributed by atoms with Crippen LogP contribution in [0.5, 0.6) is 0 Å². The van der Waals surface area contributed by atoms with Gasteiger partial charge >= 0.3 is 0 Å². The predicted octanol–water partition coefficient (Wildman–Crippen LogP) is 4.46. The quantitative estimate of drug-likeness (QED) is 0.400. The third-order valence-corrected chi connectivity index (χ3v) is 3.54. The molecule has 2 heterocycles. The number of para-hydroxylation sites is 1. The Bertz CT molecular complexity index is 969. The largest absolute Gasteiger partial charge is 0.453 e. The number of fused-ring (bicyclic) bond motifs is 2. The lowest BCUT2D eigenvalue weighted by Crippen LogP contribution is -1.83. The molecule has 0 radical (unpaired) electrons. The van der Waals surface area contributed by atoms with Crippen LogP contribution in [0, 0.1) is 0 Å². The summed E-state index contributed by atoms with van der Waals surface area (Å²) in [5, 5.41) is 2.16. The highest BCUT2D eigenvalue weighted by Crippen LogP contribution is 2.27. The van der Waals surface area contributed by atoms with Crippen molar-refractivity contribution in [2.75, 3.05) is 0 Å². The number of carbonyl (C=O) groups is 1. The van der Waals surface area contributed by atoms with Crippen molar-refractivity contribution >= 4 is 28.1 Å². The van der Waals surface area contributed by atoms with Gasteiger partial charge in [-0.15, -0.1) is 0 Å². The van der Waals surface area contributed by atoms with E-state index in [1.54, 1.807) is 12.1 Å². The fourth-order valence-corrected chi connectivity index (χ4v) is 2.51. The van der Waals surface area contributed by atoms with Crippen LogP contribution in [0.15, 0.2) is 65.1 Å². The minimum Gasteiger partial charge on any atom is -0.453 e. The van der Waals surface area contributed by atoms with Crippen LogP contribution >= 0.6 is 0 Å². The zero-order chi connectivity index (χ0) is 14.2. The standard InChI is InChI=1S/C18H11NO2/c20-11-15-6-8-18(21-15)13-5-7-17-14(10-13)9-12-3-1-2-4-16(12)19-17/h1-11H. The molecule has 0 bridgehead atoms. The molecule has 2 aromatic heterocycles. The average molecular weight is 273 g/mol. The van der Waals surface area contributed by atoms with Crippen molar-refractivity contribution in [3.05, 3.63) is 66.4 Å². The predicted molar refractivity (Wildman–Crippen MR) is 82.3 cm³/mol. The van der Waals surface area contributed by atoms with Gasteiger partial charge in [0.1, 0.15) is 5.76 Å². The maximum absolute atomic E-state index is 10.7. The molecule has 0 N–H and O–H groups in total. The van der Waals surface area contributed by atoms with Gasteiger partial charge in [-0.3, -0.25) is 4.79 Å². The summed E-state index contributed by atoms with van der Waals surface area (Å²) in [5.74, 6) is 1.02. The molecule has 0 saturated heterocycles. The summed E-state index contributed by atoms with van der Waals surface area (Å²) in [6.07, 6.45) is 0.708. The smallest absolute Gasteiger partial charge is 0.185 e. The number of benzene rings is 2. The van der Waals surface area contributed by atoms with Crippen LogP contribution in [0.25, 0.3) is 33.1 Å². The Morgan fingerprint density at radius 1 is 0.857 bits per heavy atom. The van der Waals surface area contributed by atoms with Gasteiger partial charge in [0.05, 0.1) is 11.0 Å². The maximum atomic E-state index is 10.7. The molecule has 0 spiro atoms. The molecule has 3 heteroatoms. The number of aromatic nitrogens is 1. The fraction of sp³-hybridized carbons (Fsp3) is 0. The SMILES string of the molecule is O=Cc1ccc(-c2ccc3nc4ccccc4cc3c2)o1. The van der Waals surface area contributed by atoms with E-state index in [1.165, 1.54) is 0 Å². The number of carbonyl (C=O) groups excluding carboxylic acids is 1. The lowest BCUT2D eigenvalue weighted by atomic mass is 10.1. The third kappa shape index (κ3) is 1.99. The van der Waals surface area contributed by atoms with E-state index in [0.717, 1.165) is 27.4 Å². The Hall–Kier alpha value is -2.94. The number of pyridine rings is 1. The maximum Gasteiger partial charge on any atom is 0.185 e. The van der Waals surface area contributed by atoms with Crippen LogP contribution < -0.4 is 0 Å². The van der Waals surface area contributed by atoms with Gasteiger partial charge in [0, 0.05) is 16.3 Å². The van der Waals surface area contributed by atoms with E-state index in [9.17, 15) is 4.79 Å². The van der Waals surface area contributed by atoms with Crippen LogP contribution in [-0.2, 0) is 0 Å². The van der Waals surface area contributed by atoms with Gasteiger partial charge in [-0.25, -0.2) is 4.98 Å². The molecule has 0 aliphatic heterocycles. The first-order valence-electron chi connectivity index (χ1n) is 6.68. The Labute approximate surface area is 120 Å². The summed E-state index contributed by atoms with van der Waals surface area (Å²) < 4.78 is 5.47. The first-order chi connectivity index (χ1) is 10.3. The average Bonchev–Trinajstić information content (AvgIpc) is 3.01. The minimum atomic E-state index is 0.335. The molecule has 100 valence electrons. The molecular weight excluding hydrogens is 262 g/mol. The van der Waals surface area contributed by atoms with Gasteiger partial charge in [-0.2, -0.15) is 0 Å². The summed E-state index contributed by atoms with van der Waals surface area (Å²) >= 11 is 0. The lowest BCUT2D eigenvalue weighted by Gasteiger charge is -2.03. The van der Waals surface area contributed by atoms with E-state index in [4.69, 9.17) is 4.42 Å². The second-order valence-corrected chi connectivity index (χ2v) is 4.91. The zero-order valence-corrected chi connectivity index (χ0v) is 11.1. The van der Waals surface area contributed by atoms with Crippen LogP contribution in [-0.4, -0.2) is 11.3 Å². The molecule has 0 saturated carbocycles. The summed E-state index contributed by atoms with van der Waals surface area (Å²) in [4.78, 5) is 15.4. The molecule has 0 aliphatic rings. The minimum absolute atomic E-state index is 0.335. The summed E-state index contributed by atoms with van der Waals surface area (Å²) in [6, 6.07) is 19.6. The second kappa shape index (κ2) is 4.56. The van der Waals surface area contributed by atoms with Gasteiger partial charge < -0.3 is 4.42 Å². The summed E-state index contributed by atoms with van der Waals surface area (Å²) in [7, 11) is 0. The van der Waals surface area contributed by atoms with Crippen molar-refractivity contribution in [2.45, 2.75) is 0 Å². The monoisotopic (exact) mass is 273 g/mol. The molecular formula is C18H11NO2. The molecule has 0 unspecified atom stereocenters. The molecule has 3 nitrogen and oxygen atoms in total. The second-order valence-electron chi connectivity index (χ2n) is 4.91. The molecule has 2 aromatic carbocycles. The van der Waals surface area contributed by atoms with Crippen molar-refractivity contribution < 1.29 is 9.21 Å². The topological polar surface area (TPSA) is 43.1 Å². The molecule has 0 amide bonds. The van der Waals surface area contributed by atoms with Crippen molar-refractivity contribution in [1.82, 2.24) is 4.98 Å². The Balaban J connectivity index is 1.92. The summed E-state index contributed by atoms with van der Waals surface area (Å²) in [6.45, 7) is 0. The Morgan fingerprint density at radius 2 is 1.71 bits per heavy atom. The number of aldehydes is 1. The van der Waals surface area contributed by atoms with E-state index >= 15 is 0 Å². The van der Waals surface area contributed by atoms with Crippen molar-refractivity contribution in [1.29, 1.82) is 0 Å². The fourth-order valence-electron chi connectivity index (χ4n) is 2.51. The molecule has 0 atom stereocenters. The molecule has 4 aromatic rings. The third-order valence-electron chi connectivity index (χ3n) is 3.54. The number of nitrogens with zero attached hydrogens (tertiary/aromatic N) is 1.